The topological polar surface area (TPSA) is 9.72 Å². The first-order valence-electron chi connectivity index (χ1n) is 20.8. The molecular weight excluding hydrogens is 677 g/mol. The van der Waals surface area contributed by atoms with Gasteiger partial charge in [0.2, 0.25) is 0 Å². The summed E-state index contributed by atoms with van der Waals surface area (Å²) >= 11 is 0. The fourth-order valence-electron chi connectivity index (χ4n) is 7.16. The summed E-state index contributed by atoms with van der Waals surface area (Å²) in [6, 6.07) is 29.9. The quantitative estimate of drug-likeness (QED) is 0.106. The van der Waals surface area contributed by atoms with Crippen molar-refractivity contribution in [3.8, 4) is 0 Å². The van der Waals surface area contributed by atoms with E-state index in [9.17, 15) is 0 Å². The molecule has 4 heteroatoms. The standard InChI is InChI=1S/C52H67BN3/c1-15-32-54(43-28-23-41(24-29-43)52(12,13)14)48-33-38(6)34-49-50(48)53-46-31-30-45(35-47(46)56(49)42(17-3)27-21-39(7)51(9,10)11)55(40(8)22-18-36(4)16-2)44-25-19-37(5)20-26-44/h17-31,33-35,39H,15-16,32H2,1-14H3/b27-21-,36-18-,40-22+,42-17+. The van der Waals surface area contributed by atoms with Crippen molar-refractivity contribution in [1.82, 2.24) is 0 Å². The van der Waals surface area contributed by atoms with Gasteiger partial charge in [-0.2, -0.15) is 0 Å². The van der Waals surface area contributed by atoms with Gasteiger partial charge in [-0.05, 0) is 141 Å². The van der Waals surface area contributed by atoms with Gasteiger partial charge in [0.15, 0.2) is 7.28 Å². The summed E-state index contributed by atoms with van der Waals surface area (Å²) in [4.78, 5) is 7.43. The number of benzene rings is 4. The Morgan fingerprint density at radius 2 is 1.41 bits per heavy atom. The van der Waals surface area contributed by atoms with Crippen molar-refractivity contribution in [2.24, 2.45) is 11.3 Å². The van der Waals surface area contributed by atoms with Crippen molar-refractivity contribution >= 4 is 52.3 Å². The first kappa shape index (κ1) is 42.4. The predicted molar refractivity (Wildman–Crippen MR) is 250 cm³/mol. The summed E-state index contributed by atoms with van der Waals surface area (Å²) < 4.78 is 0. The first-order valence-corrected chi connectivity index (χ1v) is 20.8. The van der Waals surface area contributed by atoms with Crippen molar-refractivity contribution in [1.29, 1.82) is 0 Å². The zero-order valence-electron chi connectivity index (χ0n) is 37.0. The van der Waals surface area contributed by atoms with E-state index in [0.29, 0.717) is 5.92 Å². The average Bonchev–Trinajstić information content (AvgIpc) is 3.15. The fourth-order valence-corrected chi connectivity index (χ4v) is 7.16. The number of nitrogens with zero attached hydrogens (tertiary/aromatic N) is 3. The lowest BCUT2D eigenvalue weighted by Gasteiger charge is -2.39. The number of anilines is 6. The number of allylic oxidation sites excluding steroid dienone is 7. The molecule has 0 spiro atoms. The van der Waals surface area contributed by atoms with Crippen LogP contribution in [0.1, 0.15) is 113 Å². The third-order valence-corrected chi connectivity index (χ3v) is 11.4. The van der Waals surface area contributed by atoms with Crippen molar-refractivity contribution in [3.63, 3.8) is 0 Å². The molecule has 4 aromatic carbocycles. The molecule has 1 aliphatic heterocycles. The number of hydrogen-bond donors (Lipinski definition) is 0. The highest BCUT2D eigenvalue weighted by molar-refractivity contribution is 6.73. The van der Waals surface area contributed by atoms with Crippen molar-refractivity contribution < 1.29 is 0 Å². The summed E-state index contributed by atoms with van der Waals surface area (Å²) in [6.45, 7) is 32.6. The van der Waals surface area contributed by atoms with Crippen LogP contribution in [0.2, 0.25) is 0 Å². The van der Waals surface area contributed by atoms with Crippen LogP contribution in [0, 0.1) is 25.2 Å². The van der Waals surface area contributed by atoms with E-state index in [4.69, 9.17) is 0 Å². The molecule has 1 unspecified atom stereocenters. The van der Waals surface area contributed by atoms with Gasteiger partial charge in [-0.25, -0.2) is 0 Å². The van der Waals surface area contributed by atoms with Crippen LogP contribution in [0.4, 0.5) is 34.1 Å². The predicted octanol–water partition coefficient (Wildman–Crippen LogP) is 13.8. The fraction of sp³-hybridized carbons (Fsp3) is 0.385. The van der Waals surface area contributed by atoms with Gasteiger partial charge in [0, 0.05) is 52.1 Å². The second-order valence-electron chi connectivity index (χ2n) is 18.0. The number of aryl methyl sites for hydroxylation is 2. The molecule has 0 saturated carbocycles. The van der Waals surface area contributed by atoms with Crippen LogP contribution in [0.15, 0.2) is 126 Å². The molecule has 293 valence electrons. The number of rotatable bonds is 12. The molecule has 4 aromatic rings. The third-order valence-electron chi connectivity index (χ3n) is 11.4. The summed E-state index contributed by atoms with van der Waals surface area (Å²) in [5.74, 6) is 0.396. The highest BCUT2D eigenvalue weighted by Gasteiger charge is 2.31. The Hall–Kier alpha value is -4.70. The molecule has 56 heavy (non-hydrogen) atoms. The molecular formula is C52H67BN3. The van der Waals surface area contributed by atoms with Gasteiger partial charge >= 0.3 is 0 Å². The Bertz CT molecular complexity index is 2100. The lowest BCUT2D eigenvalue weighted by Crippen LogP contribution is -2.44. The van der Waals surface area contributed by atoms with E-state index >= 15 is 0 Å². The van der Waals surface area contributed by atoms with Gasteiger partial charge in [-0.1, -0.05) is 127 Å². The minimum Gasteiger partial charge on any atom is -0.342 e. The SMILES string of the molecule is C/C=C(\C=C/C(C)C(C)(C)C)N1c2cc(N(/C(C)=C/C=C(/C)CC)c3ccc(C)cc3)ccc2[B]c2c(N(CCC)c3ccc(C(C)(C)C)cc3)cc(C)cc21. The summed E-state index contributed by atoms with van der Waals surface area (Å²) in [6.07, 6.45) is 13.6. The highest BCUT2D eigenvalue weighted by Crippen LogP contribution is 2.40. The molecule has 1 heterocycles. The van der Waals surface area contributed by atoms with E-state index in [1.807, 2.05) is 0 Å². The Kier molecular flexibility index (Phi) is 13.4. The zero-order valence-corrected chi connectivity index (χ0v) is 37.0. The molecule has 5 rings (SSSR count). The van der Waals surface area contributed by atoms with Crippen LogP contribution < -0.4 is 25.6 Å². The van der Waals surface area contributed by atoms with Crippen molar-refractivity contribution in [3.05, 3.63) is 143 Å². The molecule has 0 amide bonds. The van der Waals surface area contributed by atoms with Crippen LogP contribution in [0.5, 0.6) is 0 Å². The van der Waals surface area contributed by atoms with Gasteiger partial charge in [-0.15, -0.1) is 0 Å². The summed E-state index contributed by atoms with van der Waals surface area (Å²) in [7, 11) is 2.42. The van der Waals surface area contributed by atoms with E-state index in [1.54, 1.807) is 0 Å². The largest absolute Gasteiger partial charge is 0.342 e. The first-order chi connectivity index (χ1) is 26.5. The van der Waals surface area contributed by atoms with Crippen molar-refractivity contribution in [2.75, 3.05) is 21.2 Å². The lowest BCUT2D eigenvalue weighted by atomic mass is 9.59. The number of hydrogen-bond acceptors (Lipinski definition) is 3. The second-order valence-corrected chi connectivity index (χ2v) is 18.0. The Balaban J connectivity index is 1.75. The van der Waals surface area contributed by atoms with Crippen LogP contribution >= 0.6 is 0 Å². The number of fused-ring (bicyclic) bond motifs is 2. The van der Waals surface area contributed by atoms with Gasteiger partial charge in [0.05, 0.1) is 0 Å². The van der Waals surface area contributed by atoms with Crippen molar-refractivity contribution in [2.45, 2.75) is 115 Å². The third kappa shape index (κ3) is 9.63. The van der Waals surface area contributed by atoms with Gasteiger partial charge < -0.3 is 14.7 Å². The molecule has 1 atom stereocenters. The molecule has 1 aliphatic rings. The Morgan fingerprint density at radius 3 is 2.00 bits per heavy atom. The Labute approximate surface area is 341 Å². The van der Waals surface area contributed by atoms with Crippen LogP contribution in [0.3, 0.4) is 0 Å². The smallest absolute Gasteiger partial charge is 0.199 e. The van der Waals surface area contributed by atoms with E-state index in [0.717, 1.165) is 36.5 Å². The van der Waals surface area contributed by atoms with Crippen LogP contribution in [-0.4, -0.2) is 13.8 Å². The zero-order chi connectivity index (χ0) is 40.9. The molecule has 0 aromatic heterocycles. The molecule has 0 aliphatic carbocycles. The second kappa shape index (κ2) is 17.6. The maximum Gasteiger partial charge on any atom is 0.199 e. The molecule has 0 bridgehead atoms. The summed E-state index contributed by atoms with van der Waals surface area (Å²) in [5.41, 5.74) is 17.4. The minimum atomic E-state index is 0.100. The molecule has 3 nitrogen and oxygen atoms in total. The van der Waals surface area contributed by atoms with E-state index in [1.165, 1.54) is 61.6 Å². The normalized spacial score (nSPS) is 14.4. The van der Waals surface area contributed by atoms with E-state index in [2.05, 4.69) is 228 Å². The Morgan fingerprint density at radius 1 is 0.768 bits per heavy atom. The average molecular weight is 745 g/mol. The molecule has 1 radical (unpaired) electrons. The monoisotopic (exact) mass is 745 g/mol. The summed E-state index contributed by atoms with van der Waals surface area (Å²) in [5, 5.41) is 0. The maximum absolute atomic E-state index is 2.53. The molecule has 0 saturated heterocycles. The highest BCUT2D eigenvalue weighted by atomic mass is 15.2. The van der Waals surface area contributed by atoms with Gasteiger partial charge in [-0.3, -0.25) is 0 Å². The van der Waals surface area contributed by atoms with Gasteiger partial charge in [0.1, 0.15) is 0 Å². The minimum absolute atomic E-state index is 0.100. The van der Waals surface area contributed by atoms with Crippen LogP contribution in [0.25, 0.3) is 0 Å². The maximum atomic E-state index is 2.53. The lowest BCUT2D eigenvalue weighted by molar-refractivity contribution is 0.314. The van der Waals surface area contributed by atoms with E-state index < -0.39 is 0 Å². The van der Waals surface area contributed by atoms with Gasteiger partial charge in [0.25, 0.3) is 0 Å². The van der Waals surface area contributed by atoms with E-state index in [-0.39, 0.29) is 10.8 Å². The van der Waals surface area contributed by atoms with Crippen LogP contribution in [-0.2, 0) is 5.41 Å². The molecule has 0 fully saturated rings. The molecule has 0 N–H and O–H groups in total.